The first-order valence-corrected chi connectivity index (χ1v) is 17.6. The van der Waals surface area contributed by atoms with Gasteiger partial charge in [-0.05, 0) is 91.7 Å². The molecule has 0 saturated carbocycles. The highest BCUT2D eigenvalue weighted by molar-refractivity contribution is 5.69. The Morgan fingerprint density at radius 3 is 1.69 bits per heavy atom. The number of anilines is 2. The molecule has 0 spiro atoms. The van der Waals surface area contributed by atoms with Crippen molar-refractivity contribution in [1.82, 2.24) is 15.1 Å². The Balaban J connectivity index is 0.000000286. The Labute approximate surface area is 301 Å². The minimum atomic E-state index is -0.540. The van der Waals surface area contributed by atoms with E-state index in [1.165, 1.54) is 24.3 Å². The van der Waals surface area contributed by atoms with E-state index in [9.17, 15) is 29.8 Å². The number of rotatable bonds is 11. The van der Waals surface area contributed by atoms with Crippen LogP contribution in [0.15, 0.2) is 48.5 Å². The maximum Gasteiger partial charge on any atom is 0.410 e. The molecule has 2 saturated heterocycles. The van der Waals surface area contributed by atoms with E-state index >= 15 is 0 Å². The Hall–Kier alpha value is -4.66. The minimum absolute atomic E-state index is 0.0186. The summed E-state index contributed by atoms with van der Waals surface area (Å²) in [6.45, 7) is 21.6. The van der Waals surface area contributed by atoms with E-state index in [-0.39, 0.29) is 29.6 Å². The molecular weight excluding hydrogens is 658 g/mol. The fourth-order valence-electron chi connectivity index (χ4n) is 5.92. The van der Waals surface area contributed by atoms with E-state index < -0.39 is 27.1 Å². The fraction of sp³-hybridized carbons (Fsp3) is 0.611. The molecule has 0 bridgehead atoms. The molecule has 2 fully saturated rings. The summed E-state index contributed by atoms with van der Waals surface area (Å²) in [6, 6.07) is 13.1. The van der Waals surface area contributed by atoms with E-state index in [4.69, 9.17) is 9.47 Å². The van der Waals surface area contributed by atoms with Gasteiger partial charge in [0.2, 0.25) is 0 Å². The lowest BCUT2D eigenvalue weighted by atomic mass is 10.2. The highest BCUT2D eigenvalue weighted by atomic mass is 16.6. The fourth-order valence-corrected chi connectivity index (χ4v) is 5.92. The number of benzene rings is 2. The van der Waals surface area contributed by atoms with Crippen LogP contribution in [0.4, 0.5) is 32.3 Å². The van der Waals surface area contributed by atoms with E-state index in [0.717, 1.165) is 56.9 Å². The number of alkyl carbamates (subject to hydrolysis) is 1. The molecule has 4 rings (SSSR count). The van der Waals surface area contributed by atoms with E-state index in [1.807, 2.05) is 46.4 Å². The maximum absolute atomic E-state index is 12.9. The molecule has 0 radical (unpaired) electrons. The number of carbonyl (C=O) groups is 2. The van der Waals surface area contributed by atoms with Gasteiger partial charge in [-0.3, -0.25) is 20.2 Å². The first kappa shape index (κ1) is 40.8. The lowest BCUT2D eigenvalue weighted by Crippen LogP contribution is -2.48. The van der Waals surface area contributed by atoms with Crippen LogP contribution < -0.4 is 15.1 Å². The third-order valence-corrected chi connectivity index (χ3v) is 8.54. The number of nitrogens with zero attached hydrogens (tertiary/aromatic N) is 6. The molecule has 2 amide bonds. The predicted molar refractivity (Wildman–Crippen MR) is 198 cm³/mol. The van der Waals surface area contributed by atoms with Crippen molar-refractivity contribution < 1.29 is 28.9 Å². The summed E-state index contributed by atoms with van der Waals surface area (Å²) >= 11 is 0. The largest absolute Gasteiger partial charge is 0.444 e. The highest BCUT2D eigenvalue weighted by Crippen LogP contribution is 2.27. The van der Waals surface area contributed by atoms with Crippen LogP contribution in [0.3, 0.4) is 0 Å². The van der Waals surface area contributed by atoms with Crippen molar-refractivity contribution >= 4 is 34.9 Å². The van der Waals surface area contributed by atoms with Crippen molar-refractivity contribution in [2.24, 2.45) is 0 Å². The lowest BCUT2D eigenvalue weighted by molar-refractivity contribution is -0.385. The molecule has 15 nitrogen and oxygen atoms in total. The number of nitro benzene ring substituents is 2. The Morgan fingerprint density at radius 1 is 0.765 bits per heavy atom. The number of hydrogen-bond donors (Lipinski definition) is 1. The molecule has 0 unspecified atom stereocenters. The van der Waals surface area contributed by atoms with Crippen molar-refractivity contribution in [2.45, 2.75) is 91.5 Å². The van der Waals surface area contributed by atoms with Gasteiger partial charge in [0.25, 0.3) is 11.4 Å². The number of hydrogen-bond acceptors (Lipinski definition) is 11. The van der Waals surface area contributed by atoms with Gasteiger partial charge < -0.3 is 34.4 Å². The topological polar surface area (TPSA) is 164 Å². The molecule has 0 aromatic heterocycles. The number of likely N-dealkylation sites (N-methyl/N-ethyl adjacent to an activating group) is 1. The number of ether oxygens (including phenoxy) is 2. The highest BCUT2D eigenvalue weighted by Gasteiger charge is 2.34. The monoisotopic (exact) mass is 713 g/mol. The van der Waals surface area contributed by atoms with Crippen molar-refractivity contribution in [1.29, 1.82) is 0 Å². The zero-order valence-electron chi connectivity index (χ0n) is 31.3. The van der Waals surface area contributed by atoms with Gasteiger partial charge in [0.05, 0.1) is 21.9 Å². The normalized spacial score (nSPS) is 17.4. The van der Waals surface area contributed by atoms with Crippen LogP contribution in [0.1, 0.15) is 68.2 Å². The quantitative estimate of drug-likeness (QED) is 0.201. The second kappa shape index (κ2) is 18.0. The Bertz CT molecular complexity index is 1450. The smallest absolute Gasteiger partial charge is 0.410 e. The van der Waals surface area contributed by atoms with Gasteiger partial charge in [-0.1, -0.05) is 13.8 Å². The number of carbonyl (C=O) groups excluding carboxylic acids is 2. The van der Waals surface area contributed by atoms with Gasteiger partial charge >= 0.3 is 12.2 Å². The third kappa shape index (κ3) is 13.2. The zero-order valence-corrected chi connectivity index (χ0v) is 31.3. The summed E-state index contributed by atoms with van der Waals surface area (Å²) in [6.07, 6.45) is 0.966. The third-order valence-electron chi connectivity index (χ3n) is 8.54. The summed E-state index contributed by atoms with van der Waals surface area (Å²) in [5, 5.41) is 24.4. The summed E-state index contributed by atoms with van der Waals surface area (Å²) in [4.78, 5) is 53.8. The molecule has 51 heavy (non-hydrogen) atoms. The Kier molecular flexibility index (Phi) is 14.4. The van der Waals surface area contributed by atoms with Crippen LogP contribution in [0.25, 0.3) is 0 Å². The van der Waals surface area contributed by atoms with Gasteiger partial charge in [0, 0.05) is 74.9 Å². The molecule has 15 heteroatoms. The van der Waals surface area contributed by atoms with Gasteiger partial charge in [0.15, 0.2) is 0 Å². The number of nitrogens with one attached hydrogen (secondary N) is 1. The Morgan fingerprint density at radius 2 is 1.24 bits per heavy atom. The van der Waals surface area contributed by atoms with Crippen LogP contribution in [-0.2, 0) is 9.47 Å². The van der Waals surface area contributed by atoms with E-state index in [0.29, 0.717) is 19.6 Å². The van der Waals surface area contributed by atoms with Crippen molar-refractivity contribution in [3.63, 3.8) is 0 Å². The standard InChI is InChI=1S/C21H34N4O4.C15H21N3O4/c1-6-22(7-2)14-15-24(20(26)29-21(3,4)5)19-12-13-23(16-19)17-8-10-18(11-9-17)25(27)28;1-15(2,3)22-14(19)16-11-8-9-17(10-11)12-4-6-13(7-5-12)18(20)21/h8-11,19H,6-7,12-16H2,1-5H3;4-7,11H,8-10H2,1-3H3,(H,16,19)/t19-;11-/m11/s1. The first-order chi connectivity index (χ1) is 23.9. The van der Waals surface area contributed by atoms with Gasteiger partial charge in [0.1, 0.15) is 11.2 Å². The number of non-ortho nitro benzene ring substituents is 2. The SMILES string of the molecule is CC(C)(C)OC(=O)N[C@@H]1CCN(c2ccc([N+](=O)[O-])cc2)C1.CCN(CC)CCN(C(=O)OC(C)(C)C)[C@@H]1CCN(c2ccc([N+](=O)[O-])cc2)C1. The van der Waals surface area contributed by atoms with Crippen LogP contribution in [0.2, 0.25) is 0 Å². The lowest BCUT2D eigenvalue weighted by Gasteiger charge is -2.33. The van der Waals surface area contributed by atoms with Crippen LogP contribution in [0.5, 0.6) is 0 Å². The van der Waals surface area contributed by atoms with Crippen molar-refractivity contribution in [3.05, 3.63) is 68.8 Å². The average Bonchev–Trinajstić information content (AvgIpc) is 3.72. The van der Waals surface area contributed by atoms with Gasteiger partial charge in [-0.15, -0.1) is 0 Å². The molecule has 2 aromatic carbocycles. The van der Waals surface area contributed by atoms with Crippen LogP contribution >= 0.6 is 0 Å². The molecule has 2 aromatic rings. The molecular formula is C36H55N7O8. The zero-order chi connectivity index (χ0) is 37.9. The molecule has 0 aliphatic carbocycles. The summed E-state index contributed by atoms with van der Waals surface area (Å²) < 4.78 is 10.9. The second-order valence-electron chi connectivity index (χ2n) is 14.7. The molecule has 2 aliphatic heterocycles. The van der Waals surface area contributed by atoms with E-state index in [2.05, 4.69) is 33.9 Å². The van der Waals surface area contributed by atoms with Crippen LogP contribution in [-0.4, -0.2) is 107 Å². The van der Waals surface area contributed by atoms with Crippen LogP contribution in [0, 0.1) is 20.2 Å². The summed E-state index contributed by atoms with van der Waals surface area (Å²) in [5.74, 6) is 0. The number of amides is 2. The molecule has 282 valence electrons. The molecule has 2 aliphatic rings. The average molecular weight is 714 g/mol. The predicted octanol–water partition coefficient (Wildman–Crippen LogP) is 6.45. The second-order valence-corrected chi connectivity index (χ2v) is 14.7. The number of nitro groups is 2. The van der Waals surface area contributed by atoms with Gasteiger partial charge in [-0.25, -0.2) is 9.59 Å². The molecule has 1 N–H and O–H groups in total. The first-order valence-electron chi connectivity index (χ1n) is 17.6. The minimum Gasteiger partial charge on any atom is -0.444 e. The summed E-state index contributed by atoms with van der Waals surface area (Å²) in [7, 11) is 0. The van der Waals surface area contributed by atoms with Crippen molar-refractivity contribution in [2.75, 3.05) is 62.2 Å². The molecule has 2 heterocycles. The van der Waals surface area contributed by atoms with Crippen molar-refractivity contribution in [3.8, 4) is 0 Å². The molecule has 2 atom stereocenters. The summed E-state index contributed by atoms with van der Waals surface area (Å²) in [5.41, 5.74) is 0.956. The van der Waals surface area contributed by atoms with Gasteiger partial charge in [-0.2, -0.15) is 0 Å². The van der Waals surface area contributed by atoms with E-state index in [1.54, 1.807) is 24.3 Å². The maximum atomic E-state index is 12.9.